The number of carbonyl (C=O) groups is 2. The zero-order valence-corrected chi connectivity index (χ0v) is 9.82. The van der Waals surface area contributed by atoms with E-state index in [2.05, 4.69) is 17.2 Å². The van der Waals surface area contributed by atoms with Gasteiger partial charge in [-0.15, -0.1) is 6.58 Å². The van der Waals surface area contributed by atoms with Crippen LogP contribution in [-0.4, -0.2) is 54.2 Å². The van der Waals surface area contributed by atoms with Gasteiger partial charge in [-0.3, -0.25) is 0 Å². The average molecular weight is 241 g/mol. The standard InChI is InChI=1S/C11H19N3O3/c1-2-4-9(10(15)16)13-11(17)14-7-3-5-12-6-8-14/h2,9,12H,1,3-8H2,(H,13,17)(H,15,16). The van der Waals surface area contributed by atoms with Crippen LogP contribution >= 0.6 is 0 Å². The molecule has 0 aromatic rings. The maximum absolute atomic E-state index is 11.8. The number of nitrogens with zero attached hydrogens (tertiary/aromatic N) is 1. The van der Waals surface area contributed by atoms with Crippen LogP contribution in [0.4, 0.5) is 4.79 Å². The van der Waals surface area contributed by atoms with Gasteiger partial charge in [-0.25, -0.2) is 9.59 Å². The van der Waals surface area contributed by atoms with Gasteiger partial charge in [-0.1, -0.05) is 6.08 Å². The highest BCUT2D eigenvalue weighted by Crippen LogP contribution is 1.99. The Bertz CT molecular complexity index is 286. The smallest absolute Gasteiger partial charge is 0.326 e. The number of amides is 2. The minimum Gasteiger partial charge on any atom is -0.480 e. The van der Waals surface area contributed by atoms with Crippen molar-refractivity contribution in [2.24, 2.45) is 0 Å². The molecule has 6 nitrogen and oxygen atoms in total. The van der Waals surface area contributed by atoms with E-state index in [1.54, 1.807) is 4.90 Å². The summed E-state index contributed by atoms with van der Waals surface area (Å²) in [5.41, 5.74) is 0. The Morgan fingerprint density at radius 2 is 2.24 bits per heavy atom. The molecule has 1 heterocycles. The van der Waals surface area contributed by atoms with Gasteiger partial charge < -0.3 is 20.6 Å². The van der Waals surface area contributed by atoms with E-state index < -0.39 is 12.0 Å². The largest absolute Gasteiger partial charge is 0.480 e. The van der Waals surface area contributed by atoms with Crippen molar-refractivity contribution in [1.82, 2.24) is 15.5 Å². The first-order chi connectivity index (χ1) is 8.15. The number of carbonyl (C=O) groups excluding carboxylic acids is 1. The molecular formula is C11H19N3O3. The van der Waals surface area contributed by atoms with Crippen molar-refractivity contribution in [3.05, 3.63) is 12.7 Å². The van der Waals surface area contributed by atoms with E-state index in [-0.39, 0.29) is 12.5 Å². The fourth-order valence-corrected chi connectivity index (χ4v) is 1.68. The Labute approximate surface area is 101 Å². The van der Waals surface area contributed by atoms with Gasteiger partial charge in [0.1, 0.15) is 6.04 Å². The van der Waals surface area contributed by atoms with Crippen LogP contribution in [0.25, 0.3) is 0 Å². The molecule has 1 rings (SSSR count). The van der Waals surface area contributed by atoms with E-state index in [0.717, 1.165) is 19.5 Å². The van der Waals surface area contributed by atoms with E-state index in [1.165, 1.54) is 6.08 Å². The van der Waals surface area contributed by atoms with E-state index >= 15 is 0 Å². The molecule has 0 bridgehead atoms. The monoisotopic (exact) mass is 241 g/mol. The number of carboxylic acid groups (broad SMARTS) is 1. The molecule has 1 fully saturated rings. The molecule has 1 aliphatic heterocycles. The highest BCUT2D eigenvalue weighted by molar-refractivity contribution is 5.82. The predicted octanol–water partition coefficient (Wildman–Crippen LogP) is 0.0206. The van der Waals surface area contributed by atoms with Crippen molar-refractivity contribution in [3.8, 4) is 0 Å². The van der Waals surface area contributed by atoms with Gasteiger partial charge >= 0.3 is 12.0 Å². The molecule has 1 atom stereocenters. The van der Waals surface area contributed by atoms with Gasteiger partial charge in [0.15, 0.2) is 0 Å². The predicted molar refractivity (Wildman–Crippen MR) is 63.8 cm³/mol. The molecule has 2 amide bonds. The van der Waals surface area contributed by atoms with Crippen molar-refractivity contribution < 1.29 is 14.7 Å². The molecule has 0 spiro atoms. The van der Waals surface area contributed by atoms with Gasteiger partial charge in [0.25, 0.3) is 0 Å². The summed E-state index contributed by atoms with van der Waals surface area (Å²) in [6.45, 7) is 6.37. The van der Waals surface area contributed by atoms with Crippen LogP contribution in [0.3, 0.4) is 0 Å². The second-order valence-electron chi connectivity index (χ2n) is 3.96. The lowest BCUT2D eigenvalue weighted by Crippen LogP contribution is -2.48. The molecule has 1 saturated heterocycles. The van der Waals surface area contributed by atoms with Gasteiger partial charge in [0, 0.05) is 19.6 Å². The van der Waals surface area contributed by atoms with Crippen LogP contribution in [0.15, 0.2) is 12.7 Å². The van der Waals surface area contributed by atoms with Crippen molar-refractivity contribution >= 4 is 12.0 Å². The van der Waals surface area contributed by atoms with Crippen LogP contribution in [0, 0.1) is 0 Å². The Hall–Kier alpha value is -1.56. The SMILES string of the molecule is C=CCC(NC(=O)N1CCCNCC1)C(=O)O. The summed E-state index contributed by atoms with van der Waals surface area (Å²) < 4.78 is 0. The van der Waals surface area contributed by atoms with Crippen molar-refractivity contribution in [3.63, 3.8) is 0 Å². The Morgan fingerprint density at radius 1 is 1.47 bits per heavy atom. The molecule has 0 saturated carbocycles. The van der Waals surface area contributed by atoms with Gasteiger partial charge in [0.05, 0.1) is 0 Å². The minimum atomic E-state index is -1.04. The molecule has 0 aromatic heterocycles. The number of hydrogen-bond acceptors (Lipinski definition) is 3. The molecule has 3 N–H and O–H groups in total. The molecule has 1 unspecified atom stereocenters. The lowest BCUT2D eigenvalue weighted by Gasteiger charge is -2.22. The zero-order chi connectivity index (χ0) is 12.7. The van der Waals surface area contributed by atoms with Crippen LogP contribution in [0.2, 0.25) is 0 Å². The third kappa shape index (κ3) is 4.44. The minimum absolute atomic E-state index is 0.229. The summed E-state index contributed by atoms with van der Waals surface area (Å²) in [5, 5.41) is 14.6. The first-order valence-electron chi connectivity index (χ1n) is 5.75. The molecule has 1 aliphatic rings. The molecule has 17 heavy (non-hydrogen) atoms. The summed E-state index contributed by atoms with van der Waals surface area (Å²) in [6, 6.07) is -1.21. The number of rotatable bonds is 4. The number of aliphatic carboxylic acids is 1. The van der Waals surface area contributed by atoms with Crippen LogP contribution in [-0.2, 0) is 4.79 Å². The zero-order valence-electron chi connectivity index (χ0n) is 9.82. The molecule has 6 heteroatoms. The summed E-state index contributed by atoms with van der Waals surface area (Å²) in [6.07, 6.45) is 2.60. The average Bonchev–Trinajstić information content (AvgIpc) is 2.56. The second kappa shape index (κ2) is 6.90. The van der Waals surface area contributed by atoms with E-state index in [1.807, 2.05) is 0 Å². The highest BCUT2D eigenvalue weighted by atomic mass is 16.4. The highest BCUT2D eigenvalue weighted by Gasteiger charge is 2.22. The third-order valence-electron chi connectivity index (χ3n) is 2.63. The van der Waals surface area contributed by atoms with Gasteiger partial charge in [-0.05, 0) is 19.4 Å². The summed E-state index contributed by atoms with van der Waals surface area (Å²) in [7, 11) is 0. The van der Waals surface area contributed by atoms with Crippen LogP contribution in [0.1, 0.15) is 12.8 Å². The van der Waals surface area contributed by atoms with E-state index in [9.17, 15) is 9.59 Å². The number of carboxylic acids is 1. The van der Waals surface area contributed by atoms with Crippen LogP contribution < -0.4 is 10.6 Å². The fraction of sp³-hybridized carbons (Fsp3) is 0.636. The molecular weight excluding hydrogens is 222 g/mol. The van der Waals surface area contributed by atoms with Crippen molar-refractivity contribution in [1.29, 1.82) is 0 Å². The molecule has 96 valence electrons. The Kier molecular flexibility index (Phi) is 5.48. The van der Waals surface area contributed by atoms with Gasteiger partial charge in [0.2, 0.25) is 0 Å². The van der Waals surface area contributed by atoms with E-state index in [0.29, 0.717) is 13.1 Å². The second-order valence-corrected chi connectivity index (χ2v) is 3.96. The molecule has 0 aromatic carbocycles. The summed E-state index contributed by atoms with van der Waals surface area (Å²) >= 11 is 0. The Morgan fingerprint density at radius 3 is 2.88 bits per heavy atom. The number of nitrogens with one attached hydrogen (secondary N) is 2. The normalized spacial score (nSPS) is 18.0. The topological polar surface area (TPSA) is 81.7 Å². The maximum Gasteiger partial charge on any atom is 0.326 e. The molecule has 0 radical (unpaired) electrons. The lowest BCUT2D eigenvalue weighted by molar-refractivity contribution is -0.139. The summed E-state index contributed by atoms with van der Waals surface area (Å²) in [5.74, 6) is -1.04. The van der Waals surface area contributed by atoms with Crippen LogP contribution in [0.5, 0.6) is 0 Å². The van der Waals surface area contributed by atoms with Crippen molar-refractivity contribution in [2.75, 3.05) is 26.2 Å². The third-order valence-corrected chi connectivity index (χ3v) is 2.63. The quantitative estimate of drug-likeness (QED) is 0.606. The first-order valence-corrected chi connectivity index (χ1v) is 5.75. The first kappa shape index (κ1) is 13.5. The Balaban J connectivity index is 2.49. The lowest BCUT2D eigenvalue weighted by atomic mass is 10.2. The summed E-state index contributed by atoms with van der Waals surface area (Å²) in [4.78, 5) is 24.4. The van der Waals surface area contributed by atoms with E-state index in [4.69, 9.17) is 5.11 Å². The number of urea groups is 1. The number of hydrogen-bond donors (Lipinski definition) is 3. The maximum atomic E-state index is 11.8. The van der Waals surface area contributed by atoms with Gasteiger partial charge in [-0.2, -0.15) is 0 Å². The van der Waals surface area contributed by atoms with Crippen molar-refractivity contribution in [2.45, 2.75) is 18.9 Å². The molecule has 0 aliphatic carbocycles. The fourth-order valence-electron chi connectivity index (χ4n) is 1.68.